The molecule has 0 atom stereocenters. The molecule has 116 valence electrons. The number of rotatable bonds is 4. The normalized spacial score (nSPS) is 13.0. The van der Waals surface area contributed by atoms with Gasteiger partial charge in [0.15, 0.2) is 0 Å². The van der Waals surface area contributed by atoms with Crippen LogP contribution < -0.4 is 5.32 Å². The van der Waals surface area contributed by atoms with E-state index in [1.165, 1.54) is 17.3 Å². The minimum atomic E-state index is -0.0930. The molecule has 1 amide bonds. The van der Waals surface area contributed by atoms with Gasteiger partial charge in [-0.1, -0.05) is 30.0 Å². The van der Waals surface area contributed by atoms with Crippen molar-refractivity contribution in [2.45, 2.75) is 30.7 Å². The van der Waals surface area contributed by atoms with Gasteiger partial charge in [0.2, 0.25) is 5.91 Å². The summed E-state index contributed by atoms with van der Waals surface area (Å²) in [6.07, 6.45) is 6.07. The number of pyridine rings is 1. The first kappa shape index (κ1) is 15.6. The first-order chi connectivity index (χ1) is 11.3. The summed E-state index contributed by atoms with van der Waals surface area (Å²) in [5.74, 6) is 0.152. The van der Waals surface area contributed by atoms with Crippen LogP contribution in [0.3, 0.4) is 0 Å². The Morgan fingerprint density at radius 2 is 2.04 bits per heavy atom. The van der Waals surface area contributed by atoms with Gasteiger partial charge in [-0.05, 0) is 48.9 Å². The Morgan fingerprint density at radius 1 is 1.26 bits per heavy atom. The molecule has 1 aliphatic carbocycles. The maximum absolute atomic E-state index is 12.0. The molecule has 5 heteroatoms. The van der Waals surface area contributed by atoms with Crippen molar-refractivity contribution in [1.82, 2.24) is 4.98 Å². The van der Waals surface area contributed by atoms with Crippen LogP contribution in [0.15, 0.2) is 41.6 Å². The molecule has 0 bridgehead atoms. The molecular weight excluding hydrogens is 306 g/mol. The maximum atomic E-state index is 12.0. The third-order valence-electron chi connectivity index (χ3n) is 3.87. The number of aryl methyl sites for hydroxylation is 1. The van der Waals surface area contributed by atoms with Crippen LogP contribution >= 0.6 is 11.8 Å². The zero-order chi connectivity index (χ0) is 16.1. The van der Waals surface area contributed by atoms with Crippen molar-refractivity contribution in [3.05, 3.63) is 53.2 Å². The van der Waals surface area contributed by atoms with Crippen LogP contribution in [0.4, 0.5) is 5.69 Å². The average molecular weight is 323 g/mol. The van der Waals surface area contributed by atoms with Crippen molar-refractivity contribution in [1.29, 1.82) is 5.26 Å². The highest BCUT2D eigenvalue weighted by atomic mass is 32.2. The molecule has 3 rings (SSSR count). The monoisotopic (exact) mass is 323 g/mol. The van der Waals surface area contributed by atoms with Crippen molar-refractivity contribution in [3.63, 3.8) is 0 Å². The number of carbonyl (C=O) groups is 1. The summed E-state index contributed by atoms with van der Waals surface area (Å²) in [5, 5.41) is 13.0. The van der Waals surface area contributed by atoms with E-state index in [1.807, 2.05) is 36.5 Å². The highest BCUT2D eigenvalue weighted by Gasteiger charge is 2.18. The van der Waals surface area contributed by atoms with Gasteiger partial charge in [0.1, 0.15) is 11.1 Å². The molecule has 0 unspecified atom stereocenters. The molecule has 1 heterocycles. The predicted molar refractivity (Wildman–Crippen MR) is 91.4 cm³/mol. The number of benzene rings is 1. The molecule has 0 aliphatic heterocycles. The van der Waals surface area contributed by atoms with Crippen molar-refractivity contribution in [2.24, 2.45) is 0 Å². The fourth-order valence-electron chi connectivity index (χ4n) is 2.76. The fourth-order valence-corrected chi connectivity index (χ4v) is 3.54. The number of aromatic nitrogens is 1. The molecule has 0 fully saturated rings. The third kappa shape index (κ3) is 3.72. The van der Waals surface area contributed by atoms with E-state index in [1.54, 1.807) is 0 Å². The van der Waals surface area contributed by atoms with Crippen LogP contribution in [0.25, 0.3) is 0 Å². The van der Waals surface area contributed by atoms with Gasteiger partial charge in [-0.15, -0.1) is 0 Å². The summed E-state index contributed by atoms with van der Waals surface area (Å²) in [6.45, 7) is 0. The lowest BCUT2D eigenvalue weighted by atomic mass is 9.90. The highest BCUT2D eigenvalue weighted by molar-refractivity contribution is 8.00. The van der Waals surface area contributed by atoms with E-state index in [2.05, 4.69) is 16.4 Å². The zero-order valence-electron chi connectivity index (χ0n) is 12.7. The number of nitriles is 1. The summed E-state index contributed by atoms with van der Waals surface area (Å²) < 4.78 is 0. The van der Waals surface area contributed by atoms with Gasteiger partial charge in [-0.25, -0.2) is 4.98 Å². The largest absolute Gasteiger partial charge is 0.325 e. The minimum absolute atomic E-state index is 0.0930. The van der Waals surface area contributed by atoms with Gasteiger partial charge in [0, 0.05) is 11.9 Å². The Morgan fingerprint density at radius 3 is 2.83 bits per heavy atom. The SMILES string of the molecule is N#Cc1c(SCC(=O)Nc2ccccc2)ncc2c1CCCC2. The molecule has 1 N–H and O–H groups in total. The summed E-state index contributed by atoms with van der Waals surface area (Å²) in [7, 11) is 0. The van der Waals surface area contributed by atoms with E-state index in [9.17, 15) is 10.1 Å². The lowest BCUT2D eigenvalue weighted by Crippen LogP contribution is -2.14. The molecule has 0 radical (unpaired) electrons. The number of hydrogen-bond donors (Lipinski definition) is 1. The number of nitrogens with one attached hydrogen (secondary N) is 1. The number of thioether (sulfide) groups is 1. The number of carbonyl (C=O) groups excluding carboxylic acids is 1. The number of para-hydroxylation sites is 1. The molecular formula is C18H17N3OS. The van der Waals surface area contributed by atoms with Crippen LogP contribution in [0, 0.1) is 11.3 Å². The van der Waals surface area contributed by atoms with Gasteiger partial charge in [-0.3, -0.25) is 4.79 Å². The Kier molecular flexibility index (Phi) is 4.94. The molecule has 2 aromatic rings. The molecule has 4 nitrogen and oxygen atoms in total. The first-order valence-corrected chi connectivity index (χ1v) is 8.65. The maximum Gasteiger partial charge on any atom is 0.234 e. The van der Waals surface area contributed by atoms with Gasteiger partial charge >= 0.3 is 0 Å². The lowest BCUT2D eigenvalue weighted by Gasteiger charge is -2.17. The van der Waals surface area contributed by atoms with E-state index in [-0.39, 0.29) is 11.7 Å². The van der Waals surface area contributed by atoms with Crippen LogP contribution in [0.1, 0.15) is 29.5 Å². The summed E-state index contributed by atoms with van der Waals surface area (Å²) in [6, 6.07) is 11.6. The van der Waals surface area contributed by atoms with Crippen LogP contribution in [0.5, 0.6) is 0 Å². The molecule has 1 aliphatic rings. The number of amides is 1. The van der Waals surface area contributed by atoms with Gasteiger partial charge < -0.3 is 5.32 Å². The Bertz CT molecular complexity index is 753. The smallest absolute Gasteiger partial charge is 0.234 e. The van der Waals surface area contributed by atoms with Crippen LogP contribution in [-0.4, -0.2) is 16.6 Å². The van der Waals surface area contributed by atoms with Crippen molar-refractivity contribution in [2.75, 3.05) is 11.1 Å². The lowest BCUT2D eigenvalue weighted by molar-refractivity contribution is -0.113. The van der Waals surface area contributed by atoms with E-state index < -0.39 is 0 Å². The first-order valence-electron chi connectivity index (χ1n) is 7.66. The molecule has 0 spiro atoms. The van der Waals surface area contributed by atoms with Crippen molar-refractivity contribution >= 4 is 23.4 Å². The molecule has 1 aromatic heterocycles. The van der Waals surface area contributed by atoms with Crippen molar-refractivity contribution in [3.8, 4) is 6.07 Å². The van der Waals surface area contributed by atoms with Gasteiger partial charge in [0.25, 0.3) is 0 Å². The number of fused-ring (bicyclic) bond motifs is 1. The fraction of sp³-hybridized carbons (Fsp3) is 0.278. The highest BCUT2D eigenvalue weighted by Crippen LogP contribution is 2.29. The minimum Gasteiger partial charge on any atom is -0.325 e. The molecule has 1 aromatic carbocycles. The Balaban J connectivity index is 1.69. The average Bonchev–Trinajstić information content (AvgIpc) is 2.60. The zero-order valence-corrected chi connectivity index (χ0v) is 13.5. The van der Waals surface area contributed by atoms with Crippen LogP contribution in [-0.2, 0) is 17.6 Å². The summed E-state index contributed by atoms with van der Waals surface area (Å²) in [4.78, 5) is 16.4. The summed E-state index contributed by atoms with van der Waals surface area (Å²) >= 11 is 1.33. The predicted octanol–water partition coefficient (Wildman–Crippen LogP) is 3.56. The van der Waals surface area contributed by atoms with E-state index in [4.69, 9.17) is 0 Å². The van der Waals surface area contributed by atoms with E-state index >= 15 is 0 Å². The second kappa shape index (κ2) is 7.30. The number of nitrogens with zero attached hydrogens (tertiary/aromatic N) is 2. The van der Waals surface area contributed by atoms with Gasteiger partial charge in [-0.2, -0.15) is 5.26 Å². The van der Waals surface area contributed by atoms with E-state index in [0.717, 1.165) is 36.9 Å². The van der Waals surface area contributed by atoms with Crippen LogP contribution in [0.2, 0.25) is 0 Å². The Hall–Kier alpha value is -2.32. The second-order valence-electron chi connectivity index (χ2n) is 5.46. The Labute approximate surface area is 139 Å². The summed E-state index contributed by atoms with van der Waals surface area (Å²) in [5.41, 5.74) is 3.74. The molecule has 0 saturated heterocycles. The molecule has 0 saturated carbocycles. The van der Waals surface area contributed by atoms with E-state index in [0.29, 0.717) is 10.6 Å². The van der Waals surface area contributed by atoms with Gasteiger partial charge in [0.05, 0.1) is 11.3 Å². The molecule has 23 heavy (non-hydrogen) atoms. The third-order valence-corrected chi connectivity index (χ3v) is 4.86. The standard InChI is InChI=1S/C18H17N3OS/c19-10-16-15-9-5-4-6-13(15)11-20-18(16)23-12-17(22)21-14-7-2-1-3-8-14/h1-3,7-8,11H,4-6,9,12H2,(H,21,22). The van der Waals surface area contributed by atoms with Crippen molar-refractivity contribution < 1.29 is 4.79 Å². The number of hydrogen-bond acceptors (Lipinski definition) is 4. The quantitative estimate of drug-likeness (QED) is 0.874. The second-order valence-corrected chi connectivity index (χ2v) is 6.43. The topological polar surface area (TPSA) is 65.8 Å². The number of anilines is 1.